The molecule has 88 valence electrons. The monoisotopic (exact) mass is 292 g/mol. The summed E-state index contributed by atoms with van der Waals surface area (Å²) in [4.78, 5) is 3.96. The molecule has 2 N–H and O–H groups in total. The molecule has 0 aliphatic rings. The van der Waals surface area contributed by atoms with Gasteiger partial charge in [-0.1, -0.05) is 15.9 Å². The SMILES string of the molecule is NCc1cc(Br)ccc1OCc1ccncc1. The van der Waals surface area contributed by atoms with E-state index in [1.54, 1.807) is 12.4 Å². The van der Waals surface area contributed by atoms with Crippen LogP contribution in [0.25, 0.3) is 0 Å². The first-order valence-electron chi connectivity index (χ1n) is 5.30. The average Bonchev–Trinajstić information content (AvgIpc) is 2.38. The van der Waals surface area contributed by atoms with Gasteiger partial charge in [0.1, 0.15) is 12.4 Å². The van der Waals surface area contributed by atoms with E-state index in [-0.39, 0.29) is 0 Å². The molecule has 0 fully saturated rings. The van der Waals surface area contributed by atoms with Gasteiger partial charge in [-0.25, -0.2) is 0 Å². The fourth-order valence-electron chi connectivity index (χ4n) is 1.49. The first-order valence-corrected chi connectivity index (χ1v) is 6.09. The van der Waals surface area contributed by atoms with Crippen molar-refractivity contribution in [2.45, 2.75) is 13.2 Å². The summed E-state index contributed by atoms with van der Waals surface area (Å²) in [6, 6.07) is 9.71. The number of nitrogens with two attached hydrogens (primary N) is 1. The van der Waals surface area contributed by atoms with Crippen molar-refractivity contribution in [3.05, 3.63) is 58.3 Å². The van der Waals surface area contributed by atoms with Gasteiger partial charge in [-0.15, -0.1) is 0 Å². The van der Waals surface area contributed by atoms with E-state index in [1.165, 1.54) is 0 Å². The fourth-order valence-corrected chi connectivity index (χ4v) is 1.90. The summed E-state index contributed by atoms with van der Waals surface area (Å²) in [6.07, 6.45) is 3.51. The number of nitrogens with zero attached hydrogens (tertiary/aromatic N) is 1. The van der Waals surface area contributed by atoms with Gasteiger partial charge in [0.05, 0.1) is 0 Å². The Hall–Kier alpha value is -1.39. The van der Waals surface area contributed by atoms with Gasteiger partial charge in [-0.2, -0.15) is 0 Å². The van der Waals surface area contributed by atoms with E-state index < -0.39 is 0 Å². The molecule has 0 atom stereocenters. The van der Waals surface area contributed by atoms with E-state index in [0.29, 0.717) is 13.2 Å². The van der Waals surface area contributed by atoms with Gasteiger partial charge in [0, 0.05) is 29.0 Å². The van der Waals surface area contributed by atoms with Crippen molar-refractivity contribution in [3.63, 3.8) is 0 Å². The predicted octanol–water partition coefficient (Wildman–Crippen LogP) is 2.88. The van der Waals surface area contributed by atoms with Crippen molar-refractivity contribution in [2.75, 3.05) is 0 Å². The van der Waals surface area contributed by atoms with Gasteiger partial charge in [0.25, 0.3) is 0 Å². The topological polar surface area (TPSA) is 48.1 Å². The molecule has 1 aromatic heterocycles. The third kappa shape index (κ3) is 3.28. The zero-order valence-electron chi connectivity index (χ0n) is 9.27. The minimum atomic E-state index is 0.463. The Morgan fingerprint density at radius 3 is 2.65 bits per heavy atom. The molecule has 0 amide bonds. The fraction of sp³-hybridized carbons (Fsp3) is 0.154. The van der Waals surface area contributed by atoms with E-state index in [9.17, 15) is 0 Å². The summed E-state index contributed by atoms with van der Waals surface area (Å²) < 4.78 is 6.75. The molecule has 17 heavy (non-hydrogen) atoms. The average molecular weight is 293 g/mol. The molecule has 0 unspecified atom stereocenters. The summed E-state index contributed by atoms with van der Waals surface area (Å²) in [6.45, 7) is 0.988. The number of benzene rings is 1. The van der Waals surface area contributed by atoms with E-state index in [0.717, 1.165) is 21.3 Å². The zero-order valence-corrected chi connectivity index (χ0v) is 10.9. The van der Waals surface area contributed by atoms with Crippen LogP contribution in [0.2, 0.25) is 0 Å². The Labute approximate surface area is 109 Å². The Morgan fingerprint density at radius 2 is 1.94 bits per heavy atom. The quantitative estimate of drug-likeness (QED) is 0.943. The van der Waals surface area contributed by atoms with Gasteiger partial charge < -0.3 is 10.5 Å². The molecular weight excluding hydrogens is 280 g/mol. The molecular formula is C13H13BrN2O. The molecule has 4 heteroatoms. The third-order valence-corrected chi connectivity index (χ3v) is 2.88. The second-order valence-electron chi connectivity index (χ2n) is 3.60. The maximum absolute atomic E-state index is 5.74. The van der Waals surface area contributed by atoms with Crippen LogP contribution in [0.4, 0.5) is 0 Å². The highest BCUT2D eigenvalue weighted by molar-refractivity contribution is 9.10. The molecule has 3 nitrogen and oxygen atoms in total. The van der Waals surface area contributed by atoms with E-state index >= 15 is 0 Å². The minimum Gasteiger partial charge on any atom is -0.489 e. The Kier molecular flexibility index (Phi) is 4.12. The lowest BCUT2D eigenvalue weighted by molar-refractivity contribution is 0.303. The van der Waals surface area contributed by atoms with Crippen LogP contribution in [0.5, 0.6) is 5.75 Å². The molecule has 0 aliphatic heterocycles. The number of pyridine rings is 1. The number of hydrogen-bond acceptors (Lipinski definition) is 3. The normalized spacial score (nSPS) is 10.2. The van der Waals surface area contributed by atoms with Crippen molar-refractivity contribution in [2.24, 2.45) is 5.73 Å². The van der Waals surface area contributed by atoms with Crippen LogP contribution < -0.4 is 10.5 Å². The Bertz CT molecular complexity index is 488. The van der Waals surface area contributed by atoms with Crippen LogP contribution in [-0.4, -0.2) is 4.98 Å². The number of halogens is 1. The van der Waals surface area contributed by atoms with Crippen molar-refractivity contribution >= 4 is 15.9 Å². The molecule has 0 spiro atoms. The lowest BCUT2D eigenvalue weighted by Gasteiger charge is -2.10. The smallest absolute Gasteiger partial charge is 0.124 e. The molecule has 0 saturated carbocycles. The lowest BCUT2D eigenvalue weighted by atomic mass is 10.2. The van der Waals surface area contributed by atoms with Crippen molar-refractivity contribution in [1.82, 2.24) is 4.98 Å². The van der Waals surface area contributed by atoms with Gasteiger partial charge >= 0.3 is 0 Å². The molecule has 0 radical (unpaired) electrons. The van der Waals surface area contributed by atoms with Crippen LogP contribution in [0.15, 0.2) is 47.2 Å². The second-order valence-corrected chi connectivity index (χ2v) is 4.52. The first-order chi connectivity index (χ1) is 8.29. The maximum Gasteiger partial charge on any atom is 0.124 e. The largest absolute Gasteiger partial charge is 0.489 e. The predicted molar refractivity (Wildman–Crippen MR) is 70.6 cm³/mol. The van der Waals surface area contributed by atoms with Gasteiger partial charge in [-0.05, 0) is 35.9 Å². The highest BCUT2D eigenvalue weighted by Crippen LogP contribution is 2.23. The summed E-state index contributed by atoms with van der Waals surface area (Å²) in [5, 5.41) is 0. The molecule has 2 aromatic rings. The van der Waals surface area contributed by atoms with Crippen molar-refractivity contribution < 1.29 is 4.74 Å². The van der Waals surface area contributed by atoms with Crippen molar-refractivity contribution in [3.8, 4) is 5.75 Å². The number of hydrogen-bond donors (Lipinski definition) is 1. The molecule has 0 saturated heterocycles. The van der Waals surface area contributed by atoms with Crippen LogP contribution >= 0.6 is 15.9 Å². The van der Waals surface area contributed by atoms with Crippen molar-refractivity contribution in [1.29, 1.82) is 0 Å². The minimum absolute atomic E-state index is 0.463. The summed E-state index contributed by atoms with van der Waals surface area (Å²) in [5.41, 5.74) is 7.76. The third-order valence-electron chi connectivity index (χ3n) is 2.39. The number of ether oxygens (including phenoxy) is 1. The van der Waals surface area contributed by atoms with E-state index in [2.05, 4.69) is 20.9 Å². The molecule has 1 heterocycles. The number of rotatable bonds is 4. The van der Waals surface area contributed by atoms with Crippen LogP contribution in [-0.2, 0) is 13.2 Å². The molecule has 2 rings (SSSR count). The van der Waals surface area contributed by atoms with E-state index in [4.69, 9.17) is 10.5 Å². The molecule has 0 bridgehead atoms. The van der Waals surface area contributed by atoms with Gasteiger partial charge in [0.2, 0.25) is 0 Å². The summed E-state index contributed by atoms with van der Waals surface area (Å²) in [7, 11) is 0. The van der Waals surface area contributed by atoms with Crippen LogP contribution in [0.1, 0.15) is 11.1 Å². The maximum atomic E-state index is 5.74. The van der Waals surface area contributed by atoms with Crippen LogP contribution in [0, 0.1) is 0 Å². The first kappa shape index (κ1) is 12.1. The second kappa shape index (κ2) is 5.80. The van der Waals surface area contributed by atoms with Crippen LogP contribution in [0.3, 0.4) is 0 Å². The molecule has 0 aliphatic carbocycles. The summed E-state index contributed by atoms with van der Waals surface area (Å²) >= 11 is 3.41. The standard InChI is InChI=1S/C13H13BrN2O/c14-12-1-2-13(11(7-12)8-15)17-9-10-3-5-16-6-4-10/h1-7H,8-9,15H2. The van der Waals surface area contributed by atoms with Gasteiger partial charge in [-0.3, -0.25) is 4.98 Å². The van der Waals surface area contributed by atoms with E-state index in [1.807, 2.05) is 30.3 Å². The highest BCUT2D eigenvalue weighted by atomic mass is 79.9. The highest BCUT2D eigenvalue weighted by Gasteiger charge is 2.03. The summed E-state index contributed by atoms with van der Waals surface area (Å²) in [5.74, 6) is 0.826. The Morgan fingerprint density at radius 1 is 1.18 bits per heavy atom. The molecule has 1 aromatic carbocycles. The lowest BCUT2D eigenvalue weighted by Crippen LogP contribution is -2.02. The number of aromatic nitrogens is 1. The zero-order chi connectivity index (χ0) is 12.1. The van der Waals surface area contributed by atoms with Gasteiger partial charge in [0.15, 0.2) is 0 Å². The Balaban J connectivity index is 2.09.